The molecule has 1 atom stereocenters. The molecule has 72 valence electrons. The first kappa shape index (κ1) is 10.5. The second kappa shape index (κ2) is 4.60. The molecule has 4 N–H and O–H groups in total. The summed E-state index contributed by atoms with van der Waals surface area (Å²) < 4.78 is 0.894. The van der Waals surface area contributed by atoms with Gasteiger partial charge in [-0.2, -0.15) is 0 Å². The molecule has 1 aromatic rings. The molecular formula is C9H12BrNO2. The Bertz CT molecular complexity index is 291. The van der Waals surface area contributed by atoms with Crippen LogP contribution in [0.5, 0.6) is 5.75 Å². The smallest absolute Gasteiger partial charge is 0.118 e. The number of phenolic OH excluding ortho intramolecular Hbond substituents is 1. The number of benzene rings is 1. The Morgan fingerprint density at radius 3 is 2.77 bits per heavy atom. The van der Waals surface area contributed by atoms with E-state index in [1.54, 1.807) is 18.2 Å². The highest BCUT2D eigenvalue weighted by atomic mass is 79.9. The minimum Gasteiger partial charge on any atom is -0.508 e. The molecule has 1 rings (SSSR count). The van der Waals surface area contributed by atoms with E-state index in [0.29, 0.717) is 6.42 Å². The van der Waals surface area contributed by atoms with E-state index in [4.69, 9.17) is 10.8 Å². The summed E-state index contributed by atoms with van der Waals surface area (Å²) in [5, 5.41) is 18.2. The zero-order chi connectivity index (χ0) is 9.84. The van der Waals surface area contributed by atoms with Crippen LogP contribution in [0.2, 0.25) is 0 Å². The molecule has 0 saturated heterocycles. The molecule has 0 radical (unpaired) electrons. The van der Waals surface area contributed by atoms with Crippen molar-refractivity contribution in [3.05, 3.63) is 28.2 Å². The number of rotatable bonds is 3. The molecule has 0 aliphatic rings. The molecule has 0 aromatic heterocycles. The SMILES string of the molecule is NC(CO)Cc1cc(Br)ccc1O. The highest BCUT2D eigenvalue weighted by Gasteiger charge is 2.06. The van der Waals surface area contributed by atoms with Gasteiger partial charge >= 0.3 is 0 Å². The molecule has 0 bridgehead atoms. The molecule has 1 unspecified atom stereocenters. The van der Waals surface area contributed by atoms with Crippen LogP contribution in [0.1, 0.15) is 5.56 Å². The first-order valence-electron chi connectivity index (χ1n) is 3.97. The number of aliphatic hydroxyl groups excluding tert-OH is 1. The lowest BCUT2D eigenvalue weighted by Crippen LogP contribution is -2.26. The molecule has 0 amide bonds. The average molecular weight is 246 g/mol. The number of aromatic hydroxyl groups is 1. The van der Waals surface area contributed by atoms with Crippen molar-refractivity contribution in [1.29, 1.82) is 0 Å². The van der Waals surface area contributed by atoms with Crippen LogP contribution in [0, 0.1) is 0 Å². The molecule has 0 fully saturated rings. The third kappa shape index (κ3) is 2.99. The van der Waals surface area contributed by atoms with Gasteiger partial charge < -0.3 is 15.9 Å². The molecule has 1 aromatic carbocycles. The highest BCUT2D eigenvalue weighted by Crippen LogP contribution is 2.22. The van der Waals surface area contributed by atoms with Gasteiger partial charge in [-0.05, 0) is 30.2 Å². The molecule has 0 spiro atoms. The first-order chi connectivity index (χ1) is 6.13. The largest absolute Gasteiger partial charge is 0.508 e. The van der Waals surface area contributed by atoms with Crippen LogP contribution in [0.3, 0.4) is 0 Å². The van der Waals surface area contributed by atoms with Crippen LogP contribution < -0.4 is 5.73 Å². The number of aliphatic hydroxyl groups is 1. The first-order valence-corrected chi connectivity index (χ1v) is 4.76. The Hall–Kier alpha value is -0.580. The summed E-state index contributed by atoms with van der Waals surface area (Å²) in [6, 6.07) is 4.83. The van der Waals surface area contributed by atoms with Crippen LogP contribution >= 0.6 is 15.9 Å². The summed E-state index contributed by atoms with van der Waals surface area (Å²) in [5.74, 6) is 0.215. The zero-order valence-electron chi connectivity index (χ0n) is 7.07. The summed E-state index contributed by atoms with van der Waals surface area (Å²) in [7, 11) is 0. The maximum absolute atomic E-state index is 9.42. The second-order valence-corrected chi connectivity index (χ2v) is 3.84. The van der Waals surface area contributed by atoms with Gasteiger partial charge in [0.25, 0.3) is 0 Å². The lowest BCUT2D eigenvalue weighted by Gasteiger charge is -2.09. The van der Waals surface area contributed by atoms with Gasteiger partial charge in [0.05, 0.1) is 6.61 Å². The molecule has 4 heteroatoms. The number of nitrogens with two attached hydrogens (primary N) is 1. The molecule has 3 nitrogen and oxygen atoms in total. The summed E-state index contributed by atoms with van der Waals surface area (Å²) >= 11 is 3.29. The fourth-order valence-electron chi connectivity index (χ4n) is 1.06. The van der Waals surface area contributed by atoms with Crippen molar-refractivity contribution < 1.29 is 10.2 Å². The summed E-state index contributed by atoms with van der Waals surface area (Å²) in [5.41, 5.74) is 6.29. The maximum atomic E-state index is 9.42. The predicted octanol–water partition coefficient (Wildman–Crippen LogP) is 1.02. The van der Waals surface area contributed by atoms with E-state index in [-0.39, 0.29) is 18.4 Å². The molecule has 0 saturated carbocycles. The van der Waals surface area contributed by atoms with Crippen LogP contribution in [0.4, 0.5) is 0 Å². The van der Waals surface area contributed by atoms with Crippen LogP contribution in [0.15, 0.2) is 22.7 Å². The number of hydrogen-bond acceptors (Lipinski definition) is 3. The molecule has 13 heavy (non-hydrogen) atoms. The van der Waals surface area contributed by atoms with Gasteiger partial charge in [-0.15, -0.1) is 0 Å². The molecular weight excluding hydrogens is 234 g/mol. The zero-order valence-corrected chi connectivity index (χ0v) is 8.66. The van der Waals surface area contributed by atoms with E-state index in [1.807, 2.05) is 0 Å². The van der Waals surface area contributed by atoms with E-state index in [9.17, 15) is 5.11 Å². The van der Waals surface area contributed by atoms with Gasteiger partial charge in [0, 0.05) is 10.5 Å². The van der Waals surface area contributed by atoms with Gasteiger partial charge in [0.1, 0.15) is 5.75 Å². The fourth-order valence-corrected chi connectivity index (χ4v) is 1.47. The third-order valence-electron chi connectivity index (χ3n) is 1.76. The van der Waals surface area contributed by atoms with E-state index >= 15 is 0 Å². The van der Waals surface area contributed by atoms with Gasteiger partial charge in [-0.3, -0.25) is 0 Å². The molecule has 0 aliphatic carbocycles. The Labute approximate surface area is 85.3 Å². The molecule has 0 aliphatic heterocycles. The Balaban J connectivity index is 2.81. The van der Waals surface area contributed by atoms with Crippen molar-refractivity contribution >= 4 is 15.9 Å². The van der Waals surface area contributed by atoms with Crippen molar-refractivity contribution in [1.82, 2.24) is 0 Å². The van der Waals surface area contributed by atoms with E-state index < -0.39 is 0 Å². The highest BCUT2D eigenvalue weighted by molar-refractivity contribution is 9.10. The topological polar surface area (TPSA) is 66.5 Å². The van der Waals surface area contributed by atoms with Crippen molar-refractivity contribution in [3.8, 4) is 5.75 Å². The number of halogens is 1. The van der Waals surface area contributed by atoms with E-state index in [2.05, 4.69) is 15.9 Å². The number of hydrogen-bond donors (Lipinski definition) is 3. The second-order valence-electron chi connectivity index (χ2n) is 2.92. The quantitative estimate of drug-likeness (QED) is 0.745. The van der Waals surface area contributed by atoms with Crippen LogP contribution in [0.25, 0.3) is 0 Å². The minimum atomic E-state index is -0.319. The lowest BCUT2D eigenvalue weighted by atomic mass is 10.1. The van der Waals surface area contributed by atoms with Crippen molar-refractivity contribution in [2.75, 3.05) is 6.61 Å². The third-order valence-corrected chi connectivity index (χ3v) is 2.25. The monoisotopic (exact) mass is 245 g/mol. The average Bonchev–Trinajstić information content (AvgIpc) is 2.11. The summed E-state index contributed by atoms with van der Waals surface area (Å²) in [4.78, 5) is 0. The maximum Gasteiger partial charge on any atom is 0.118 e. The normalized spacial score (nSPS) is 12.8. The van der Waals surface area contributed by atoms with E-state index in [0.717, 1.165) is 10.0 Å². The number of phenols is 1. The van der Waals surface area contributed by atoms with Gasteiger partial charge in [-0.25, -0.2) is 0 Å². The van der Waals surface area contributed by atoms with Gasteiger partial charge in [-0.1, -0.05) is 15.9 Å². The Morgan fingerprint density at radius 1 is 1.46 bits per heavy atom. The fraction of sp³-hybridized carbons (Fsp3) is 0.333. The van der Waals surface area contributed by atoms with Gasteiger partial charge in [0.15, 0.2) is 0 Å². The van der Waals surface area contributed by atoms with Crippen molar-refractivity contribution in [3.63, 3.8) is 0 Å². The lowest BCUT2D eigenvalue weighted by molar-refractivity contribution is 0.264. The Kier molecular flexibility index (Phi) is 3.71. The van der Waals surface area contributed by atoms with Crippen molar-refractivity contribution in [2.45, 2.75) is 12.5 Å². The van der Waals surface area contributed by atoms with Crippen LogP contribution in [-0.2, 0) is 6.42 Å². The minimum absolute atomic E-state index is 0.0774. The van der Waals surface area contributed by atoms with E-state index in [1.165, 1.54) is 0 Å². The summed E-state index contributed by atoms with van der Waals surface area (Å²) in [6.45, 7) is -0.0774. The predicted molar refractivity (Wildman–Crippen MR) is 54.6 cm³/mol. The summed E-state index contributed by atoms with van der Waals surface area (Å²) in [6.07, 6.45) is 0.474. The standard InChI is InChI=1S/C9H12BrNO2/c10-7-1-2-9(13)6(3-7)4-8(11)5-12/h1-3,8,12-13H,4-5,11H2. The van der Waals surface area contributed by atoms with Crippen LogP contribution in [-0.4, -0.2) is 22.9 Å². The Morgan fingerprint density at radius 2 is 2.15 bits per heavy atom. The van der Waals surface area contributed by atoms with Crippen molar-refractivity contribution in [2.24, 2.45) is 5.73 Å². The van der Waals surface area contributed by atoms with Gasteiger partial charge in [0.2, 0.25) is 0 Å². The molecule has 0 heterocycles.